The van der Waals surface area contributed by atoms with Crippen LogP contribution in [0.2, 0.25) is 0 Å². The molecule has 4 aliphatic rings. The van der Waals surface area contributed by atoms with Crippen molar-refractivity contribution in [3.05, 3.63) is 41.8 Å². The molecule has 0 bridgehead atoms. The van der Waals surface area contributed by atoms with Gasteiger partial charge in [-0.1, -0.05) is 0 Å². The van der Waals surface area contributed by atoms with Crippen LogP contribution in [0.3, 0.4) is 0 Å². The summed E-state index contributed by atoms with van der Waals surface area (Å²) in [6.07, 6.45) is -12.1. The number of fused-ring (bicyclic) bond motifs is 2. The van der Waals surface area contributed by atoms with Crippen molar-refractivity contribution in [2.24, 2.45) is 0 Å². The Morgan fingerprint density at radius 2 is 1.41 bits per heavy atom. The van der Waals surface area contributed by atoms with E-state index in [4.69, 9.17) is 14.5 Å². The summed E-state index contributed by atoms with van der Waals surface area (Å²) in [5.41, 5.74) is 2.38. The van der Waals surface area contributed by atoms with Crippen LogP contribution < -0.4 is 14.8 Å². The Hall–Kier alpha value is -2.34. The summed E-state index contributed by atoms with van der Waals surface area (Å²) < 4.78 is 14.4. The first-order valence-electron chi connectivity index (χ1n) is 14.6. The second kappa shape index (κ2) is 13.2. The number of aliphatic hydroxyl groups is 8. The average Bonchev–Trinajstić information content (AvgIpc) is 3.03. The average molecular weight is 637 g/mol. The summed E-state index contributed by atoms with van der Waals surface area (Å²) in [7, 11) is 3.67. The van der Waals surface area contributed by atoms with Crippen molar-refractivity contribution in [2.75, 3.05) is 32.2 Å². The minimum absolute atomic E-state index is 0.429. The van der Waals surface area contributed by atoms with Gasteiger partial charge in [-0.2, -0.15) is 0 Å². The summed E-state index contributed by atoms with van der Waals surface area (Å²) in [5.74, 6) is 0. The predicted molar refractivity (Wildman–Crippen MR) is 162 cm³/mol. The predicted octanol–water partition coefficient (Wildman–Crippen LogP) is -2.30. The number of nitrogens with zero attached hydrogens (tertiary/aromatic N) is 3. The van der Waals surface area contributed by atoms with Gasteiger partial charge in [0.15, 0.2) is 6.04 Å². The Balaban J connectivity index is 1.44. The Kier molecular flexibility index (Phi) is 9.90. The summed E-state index contributed by atoms with van der Waals surface area (Å²) in [6, 6.07) is 10.7. The molecule has 242 valence electrons. The molecule has 3 heterocycles. The van der Waals surface area contributed by atoms with E-state index < -0.39 is 86.3 Å². The van der Waals surface area contributed by atoms with Crippen molar-refractivity contribution in [3.8, 4) is 10.6 Å². The maximum absolute atomic E-state index is 10.6. The standard InChI is InChI=1S/C30H42N3O10S/c1-13(29-27(40)25(38)23(36)19(11-34)42-29)32(3)15-5-7-17-21(9-15)44-22-10-16(6-8-18(22)31-17)33(4)14(2)30-28(41)26(39)24(37)20(12-35)43-30/h5-10,13-14,19-20,23-30,34-41H,11-12H2,1-4H3/q+1/t13?,14?,19-,20-,23-,24-,25+,26+,27-,28-,29+,30+/m1/s1. The molecule has 1 aliphatic carbocycles. The van der Waals surface area contributed by atoms with E-state index in [1.807, 2.05) is 73.8 Å². The first kappa shape index (κ1) is 33.0. The Morgan fingerprint density at radius 1 is 0.818 bits per heavy atom. The van der Waals surface area contributed by atoms with E-state index in [0.29, 0.717) is 0 Å². The molecule has 8 N–H and O–H groups in total. The van der Waals surface area contributed by atoms with E-state index in [9.17, 15) is 40.9 Å². The maximum Gasteiger partial charge on any atom is 0.201 e. The smallest absolute Gasteiger partial charge is 0.201 e. The van der Waals surface area contributed by atoms with Gasteiger partial charge in [0.05, 0.1) is 40.0 Å². The van der Waals surface area contributed by atoms with Gasteiger partial charge in [0.1, 0.15) is 68.1 Å². The lowest BCUT2D eigenvalue weighted by Gasteiger charge is -2.44. The zero-order chi connectivity index (χ0) is 32.0. The highest BCUT2D eigenvalue weighted by molar-refractivity contribution is 7.21. The van der Waals surface area contributed by atoms with E-state index in [2.05, 4.69) is 0 Å². The van der Waals surface area contributed by atoms with Crippen LogP contribution in [-0.4, -0.2) is 146 Å². The summed E-state index contributed by atoms with van der Waals surface area (Å²) in [6.45, 7) is 2.68. The molecule has 3 aliphatic heterocycles. The molecule has 44 heavy (non-hydrogen) atoms. The van der Waals surface area contributed by atoms with Crippen LogP contribution in [-0.2, 0) is 9.47 Å². The van der Waals surface area contributed by atoms with Gasteiger partial charge in [-0.3, -0.25) is 0 Å². The van der Waals surface area contributed by atoms with Crippen molar-refractivity contribution in [1.29, 1.82) is 0 Å². The molecule has 2 unspecified atom stereocenters. The molecular formula is C30H42N3O10S+. The highest BCUT2D eigenvalue weighted by Crippen LogP contribution is 2.34. The van der Waals surface area contributed by atoms with Crippen LogP contribution >= 0.6 is 11.3 Å². The zero-order valence-electron chi connectivity index (χ0n) is 25.0. The number of benzene rings is 2. The van der Waals surface area contributed by atoms with E-state index in [0.717, 1.165) is 31.8 Å². The number of hydrogen-bond donors (Lipinski definition) is 8. The van der Waals surface area contributed by atoms with Crippen molar-refractivity contribution in [1.82, 2.24) is 9.56 Å². The Morgan fingerprint density at radius 3 is 2.02 bits per heavy atom. The number of anilines is 1. The third kappa shape index (κ3) is 5.97. The number of aromatic nitrogens is 1. The van der Waals surface area contributed by atoms with Gasteiger partial charge in [0.25, 0.3) is 0 Å². The molecule has 0 amide bonds. The molecular weight excluding hydrogens is 594 g/mol. The third-order valence-electron chi connectivity index (χ3n) is 9.19. The van der Waals surface area contributed by atoms with Crippen LogP contribution in [0, 0.1) is 0 Å². The lowest BCUT2D eigenvalue weighted by molar-refractivity contribution is -0.235. The number of rotatable bonds is 7. The summed E-state index contributed by atoms with van der Waals surface area (Å²) >= 11 is 1.53. The third-order valence-corrected chi connectivity index (χ3v) is 10.3. The van der Waals surface area contributed by atoms with Gasteiger partial charge >= 0.3 is 0 Å². The largest absolute Gasteiger partial charge is 0.394 e. The number of ether oxygens (including phenoxy) is 2. The SMILES string of the molecule is CC([C@@H]1O[C@H](CO)[C@@H](O)[C@H](O)[C@H]1O)N(C)c1ccc2nc3ccc(=[N+](C)C(C)[C@@H]4O[C@H](CO)[C@@H](O)[C@H](O)[C@H]4O)cc-3sc2c1. The second-order valence-corrected chi connectivity index (χ2v) is 12.9. The highest BCUT2D eigenvalue weighted by atomic mass is 32.1. The van der Waals surface area contributed by atoms with Gasteiger partial charge in [0, 0.05) is 31.8 Å². The lowest BCUT2D eigenvalue weighted by Crippen LogP contribution is -2.63. The fourth-order valence-corrected chi connectivity index (χ4v) is 7.04. The van der Waals surface area contributed by atoms with Crippen LogP contribution in [0.1, 0.15) is 13.8 Å². The number of aliphatic hydroxyl groups excluding tert-OH is 8. The van der Waals surface area contributed by atoms with E-state index in [1.54, 1.807) is 0 Å². The quantitative estimate of drug-likeness (QED) is 0.102. The van der Waals surface area contributed by atoms with Crippen LogP contribution in [0.25, 0.3) is 20.8 Å². The Labute approximate surface area is 258 Å². The first-order valence-corrected chi connectivity index (χ1v) is 15.4. The second-order valence-electron chi connectivity index (χ2n) is 11.8. The molecule has 2 fully saturated rings. The molecule has 12 atom stereocenters. The first-order chi connectivity index (χ1) is 20.9. The van der Waals surface area contributed by atoms with Crippen LogP contribution in [0.5, 0.6) is 0 Å². The molecule has 1 aromatic rings. The van der Waals surface area contributed by atoms with Crippen LogP contribution in [0.15, 0.2) is 36.4 Å². The fraction of sp³-hybridized carbons (Fsp3) is 0.600. The number of hydrogen-bond acceptors (Lipinski definition) is 13. The minimum Gasteiger partial charge on any atom is -0.394 e. The zero-order valence-corrected chi connectivity index (χ0v) is 25.8. The van der Waals surface area contributed by atoms with Crippen molar-refractivity contribution in [2.45, 2.75) is 87.0 Å². The van der Waals surface area contributed by atoms with Gasteiger partial charge in [-0.15, -0.1) is 11.3 Å². The molecule has 13 nitrogen and oxygen atoms in total. The van der Waals surface area contributed by atoms with E-state index >= 15 is 0 Å². The fourth-order valence-electron chi connectivity index (χ4n) is 6.01. The van der Waals surface area contributed by atoms with E-state index in [-0.39, 0.29) is 0 Å². The summed E-state index contributed by atoms with van der Waals surface area (Å²) in [5, 5.41) is 82.1. The van der Waals surface area contributed by atoms with Gasteiger partial charge in [-0.05, 0) is 31.2 Å². The number of likely N-dealkylation sites (N-methyl/N-ethyl adjacent to an activating group) is 2. The van der Waals surface area contributed by atoms with Crippen molar-refractivity contribution < 1.29 is 50.3 Å². The molecule has 0 aromatic heterocycles. The lowest BCUT2D eigenvalue weighted by atomic mass is 9.91. The highest BCUT2D eigenvalue weighted by Gasteiger charge is 2.48. The molecule has 1 aromatic carbocycles. The normalized spacial score (nSPS) is 35.0. The molecule has 14 heteroatoms. The van der Waals surface area contributed by atoms with Gasteiger partial charge in [0.2, 0.25) is 5.36 Å². The van der Waals surface area contributed by atoms with Crippen molar-refractivity contribution >= 4 is 27.2 Å². The van der Waals surface area contributed by atoms with Crippen LogP contribution in [0.4, 0.5) is 5.69 Å². The molecule has 2 saturated heterocycles. The monoisotopic (exact) mass is 636 g/mol. The minimum atomic E-state index is -1.45. The van der Waals surface area contributed by atoms with E-state index in [1.165, 1.54) is 11.3 Å². The molecule has 0 radical (unpaired) electrons. The molecule has 0 saturated carbocycles. The van der Waals surface area contributed by atoms with Gasteiger partial charge < -0.3 is 55.2 Å². The summed E-state index contributed by atoms with van der Waals surface area (Å²) in [4.78, 5) is 7.61. The topological polar surface area (TPSA) is 199 Å². The molecule has 5 rings (SSSR count). The maximum atomic E-state index is 10.6. The Bertz CT molecular complexity index is 1490. The van der Waals surface area contributed by atoms with Crippen molar-refractivity contribution in [3.63, 3.8) is 0 Å². The van der Waals surface area contributed by atoms with Gasteiger partial charge in [-0.25, -0.2) is 9.56 Å². The molecule has 0 spiro atoms.